The van der Waals surface area contributed by atoms with Crippen LogP contribution >= 0.6 is 24.0 Å². The van der Waals surface area contributed by atoms with Gasteiger partial charge in [-0.2, -0.15) is 0 Å². The van der Waals surface area contributed by atoms with Gasteiger partial charge >= 0.3 is 0 Å². The molecule has 0 saturated carbocycles. The molecule has 102 valence electrons. The van der Waals surface area contributed by atoms with Gasteiger partial charge in [0.25, 0.3) is 0 Å². The van der Waals surface area contributed by atoms with E-state index in [1.165, 1.54) is 38.9 Å². The van der Waals surface area contributed by atoms with E-state index in [0.717, 1.165) is 18.4 Å². The maximum absolute atomic E-state index is 4.08. The molecule has 1 fully saturated rings. The maximum Gasteiger partial charge on any atom is 0.190 e. The Bertz CT molecular complexity index is 213. The minimum Gasteiger partial charge on any atom is -0.359 e. The predicted molar refractivity (Wildman–Crippen MR) is 85.3 cm³/mol. The van der Waals surface area contributed by atoms with Crippen LogP contribution < -0.4 is 10.6 Å². The number of rotatable bonds is 4. The summed E-state index contributed by atoms with van der Waals surface area (Å²) in [5, 5.41) is 6.30. The highest BCUT2D eigenvalue weighted by molar-refractivity contribution is 14.0. The van der Waals surface area contributed by atoms with Gasteiger partial charge in [0, 0.05) is 20.6 Å². The normalized spacial score (nSPS) is 18.6. The van der Waals surface area contributed by atoms with Crippen molar-refractivity contribution in [3.05, 3.63) is 0 Å². The number of likely N-dealkylation sites (tertiary alicyclic amines) is 1. The zero-order valence-corrected chi connectivity index (χ0v) is 13.7. The topological polar surface area (TPSA) is 39.7 Å². The van der Waals surface area contributed by atoms with Crippen molar-refractivity contribution in [2.75, 3.05) is 40.3 Å². The van der Waals surface area contributed by atoms with E-state index in [1.807, 2.05) is 7.05 Å². The molecule has 2 N–H and O–H groups in total. The number of piperidine rings is 1. The van der Waals surface area contributed by atoms with Crippen LogP contribution in [0.5, 0.6) is 0 Å². The first kappa shape index (κ1) is 17.0. The quantitative estimate of drug-likeness (QED) is 0.348. The molecule has 1 saturated heterocycles. The molecular weight excluding hydrogens is 327 g/mol. The molecule has 17 heavy (non-hydrogen) atoms. The van der Waals surface area contributed by atoms with Crippen molar-refractivity contribution in [3.63, 3.8) is 0 Å². The van der Waals surface area contributed by atoms with Crippen molar-refractivity contribution >= 4 is 29.9 Å². The fraction of sp³-hybridized carbons (Fsp3) is 0.917. The highest BCUT2D eigenvalue weighted by Gasteiger charge is 2.14. The van der Waals surface area contributed by atoms with Crippen LogP contribution in [-0.2, 0) is 0 Å². The summed E-state index contributed by atoms with van der Waals surface area (Å²) in [4.78, 5) is 6.65. The molecule has 0 aromatic rings. The van der Waals surface area contributed by atoms with E-state index in [4.69, 9.17) is 0 Å². The lowest BCUT2D eigenvalue weighted by molar-refractivity contribution is 0.191. The molecule has 0 radical (unpaired) electrons. The van der Waals surface area contributed by atoms with Crippen LogP contribution in [0.2, 0.25) is 0 Å². The van der Waals surface area contributed by atoms with Gasteiger partial charge in [0.05, 0.1) is 0 Å². The molecule has 0 aromatic carbocycles. The van der Waals surface area contributed by atoms with Gasteiger partial charge < -0.3 is 15.5 Å². The Balaban J connectivity index is 0.00000256. The summed E-state index contributed by atoms with van der Waals surface area (Å²) < 4.78 is 0. The van der Waals surface area contributed by atoms with Crippen molar-refractivity contribution in [1.29, 1.82) is 0 Å². The molecule has 0 aliphatic carbocycles. The Morgan fingerprint density at radius 2 is 2.00 bits per heavy atom. The Kier molecular flexibility index (Phi) is 9.91. The van der Waals surface area contributed by atoms with E-state index in [9.17, 15) is 0 Å². The summed E-state index contributed by atoms with van der Waals surface area (Å²) in [6, 6.07) is 0. The van der Waals surface area contributed by atoms with Crippen molar-refractivity contribution in [1.82, 2.24) is 15.5 Å². The number of hydrogen-bond donors (Lipinski definition) is 2. The van der Waals surface area contributed by atoms with Crippen molar-refractivity contribution in [3.8, 4) is 0 Å². The van der Waals surface area contributed by atoms with Crippen LogP contribution in [0, 0.1) is 5.92 Å². The van der Waals surface area contributed by atoms with Gasteiger partial charge in [-0.3, -0.25) is 4.99 Å². The number of nitrogens with one attached hydrogen (secondary N) is 2. The first-order chi connectivity index (χ1) is 7.76. The van der Waals surface area contributed by atoms with E-state index < -0.39 is 0 Å². The second-order valence-corrected chi connectivity index (χ2v) is 4.63. The van der Waals surface area contributed by atoms with Gasteiger partial charge in [-0.25, -0.2) is 0 Å². The lowest BCUT2D eigenvalue weighted by atomic mass is 9.99. The molecule has 0 spiro atoms. The molecule has 1 aliphatic heterocycles. The lowest BCUT2D eigenvalue weighted by Crippen LogP contribution is -2.38. The van der Waals surface area contributed by atoms with Gasteiger partial charge in [0.1, 0.15) is 0 Å². The smallest absolute Gasteiger partial charge is 0.190 e. The Morgan fingerprint density at radius 3 is 2.53 bits per heavy atom. The van der Waals surface area contributed by atoms with E-state index in [2.05, 4.69) is 27.4 Å². The molecule has 1 heterocycles. The summed E-state index contributed by atoms with van der Waals surface area (Å²) in [5.74, 6) is 1.81. The van der Waals surface area contributed by atoms with Gasteiger partial charge in [0.2, 0.25) is 0 Å². The standard InChI is InChI=1S/C12H26N4.HI/c1-11-5-9-16(10-6-11)8-4-7-15-12(13-2)14-3;/h11H,4-10H2,1-3H3,(H2,13,14,15);1H. The second-order valence-electron chi connectivity index (χ2n) is 4.63. The van der Waals surface area contributed by atoms with Crippen LogP contribution in [-0.4, -0.2) is 51.1 Å². The van der Waals surface area contributed by atoms with Crippen LogP contribution in [0.3, 0.4) is 0 Å². The van der Waals surface area contributed by atoms with E-state index in [-0.39, 0.29) is 24.0 Å². The van der Waals surface area contributed by atoms with Gasteiger partial charge in [-0.15, -0.1) is 24.0 Å². The minimum atomic E-state index is 0. The lowest BCUT2D eigenvalue weighted by Gasteiger charge is -2.30. The molecule has 5 heteroatoms. The van der Waals surface area contributed by atoms with Crippen LogP contribution in [0.15, 0.2) is 4.99 Å². The Morgan fingerprint density at radius 1 is 1.35 bits per heavy atom. The zero-order valence-electron chi connectivity index (χ0n) is 11.3. The van der Waals surface area contributed by atoms with Crippen LogP contribution in [0.4, 0.5) is 0 Å². The molecule has 1 rings (SSSR count). The molecule has 0 atom stereocenters. The number of halogens is 1. The van der Waals surface area contributed by atoms with Crippen LogP contribution in [0.1, 0.15) is 26.2 Å². The van der Waals surface area contributed by atoms with Gasteiger partial charge in [-0.05, 0) is 44.8 Å². The van der Waals surface area contributed by atoms with E-state index in [0.29, 0.717) is 0 Å². The van der Waals surface area contributed by atoms with Crippen LogP contribution in [0.25, 0.3) is 0 Å². The molecule has 0 aromatic heterocycles. The Hall–Kier alpha value is -0.0400. The molecular formula is C12H27IN4. The molecule has 0 bridgehead atoms. The second kappa shape index (κ2) is 9.94. The van der Waals surface area contributed by atoms with Gasteiger partial charge in [0.15, 0.2) is 5.96 Å². The average molecular weight is 354 g/mol. The minimum absolute atomic E-state index is 0. The first-order valence-corrected chi connectivity index (χ1v) is 6.37. The monoisotopic (exact) mass is 354 g/mol. The molecule has 1 aliphatic rings. The summed E-state index contributed by atoms with van der Waals surface area (Å²) in [6.07, 6.45) is 3.92. The number of hydrogen-bond acceptors (Lipinski definition) is 2. The predicted octanol–water partition coefficient (Wildman–Crippen LogP) is 1.52. The van der Waals surface area contributed by atoms with Crippen molar-refractivity contribution in [2.45, 2.75) is 26.2 Å². The summed E-state index contributed by atoms with van der Waals surface area (Å²) in [7, 11) is 3.69. The highest BCUT2D eigenvalue weighted by Crippen LogP contribution is 2.15. The third kappa shape index (κ3) is 7.08. The van der Waals surface area contributed by atoms with Gasteiger partial charge in [-0.1, -0.05) is 6.92 Å². The van der Waals surface area contributed by atoms with E-state index >= 15 is 0 Å². The Labute approximate surface area is 123 Å². The largest absolute Gasteiger partial charge is 0.359 e. The molecule has 4 nitrogen and oxygen atoms in total. The highest BCUT2D eigenvalue weighted by atomic mass is 127. The summed E-state index contributed by atoms with van der Waals surface area (Å²) in [5.41, 5.74) is 0. The molecule has 0 amide bonds. The third-order valence-corrected chi connectivity index (χ3v) is 3.28. The third-order valence-electron chi connectivity index (χ3n) is 3.28. The van der Waals surface area contributed by atoms with E-state index in [1.54, 1.807) is 7.05 Å². The number of aliphatic imine (C=N–C) groups is 1. The number of guanidine groups is 1. The fourth-order valence-electron chi connectivity index (χ4n) is 2.07. The summed E-state index contributed by atoms with van der Waals surface area (Å²) in [6.45, 7) is 7.12. The first-order valence-electron chi connectivity index (χ1n) is 6.37. The molecule has 0 unspecified atom stereocenters. The average Bonchev–Trinajstić information content (AvgIpc) is 2.32. The van der Waals surface area contributed by atoms with Crippen molar-refractivity contribution in [2.24, 2.45) is 10.9 Å². The maximum atomic E-state index is 4.08. The SMILES string of the molecule is CN=C(NC)NCCCN1CCC(C)CC1.I. The summed E-state index contributed by atoms with van der Waals surface area (Å²) >= 11 is 0. The number of nitrogens with zero attached hydrogens (tertiary/aromatic N) is 2. The van der Waals surface area contributed by atoms with Crippen molar-refractivity contribution < 1.29 is 0 Å². The zero-order chi connectivity index (χ0) is 11.8. The fourth-order valence-corrected chi connectivity index (χ4v) is 2.07.